The van der Waals surface area contributed by atoms with E-state index in [0.717, 1.165) is 15.6 Å². The molecule has 4 N–H and O–H groups in total. The number of nitrogens with one attached hydrogen (secondary N) is 1. The Morgan fingerprint density at radius 2 is 1.96 bits per heavy atom. The van der Waals surface area contributed by atoms with Gasteiger partial charge in [-0.25, -0.2) is 10.8 Å². The molecular formula is C20H22BrN3O4. The highest BCUT2D eigenvalue weighted by Gasteiger charge is 2.44. The van der Waals surface area contributed by atoms with Gasteiger partial charge in [0.15, 0.2) is 5.54 Å². The van der Waals surface area contributed by atoms with Gasteiger partial charge in [0.05, 0.1) is 6.61 Å². The van der Waals surface area contributed by atoms with Gasteiger partial charge in [-0.1, -0.05) is 28.1 Å². The number of amides is 1. The van der Waals surface area contributed by atoms with Crippen LogP contribution in [0.3, 0.4) is 0 Å². The molecule has 0 aromatic heterocycles. The number of hydrogen-bond donors (Lipinski definition) is 3. The van der Waals surface area contributed by atoms with Crippen LogP contribution in [0.2, 0.25) is 0 Å². The molecule has 0 bridgehead atoms. The highest BCUT2D eigenvalue weighted by Crippen LogP contribution is 2.28. The lowest BCUT2D eigenvalue weighted by molar-refractivity contribution is -0.126. The molecule has 3 rings (SSSR count). The molecule has 0 unspecified atom stereocenters. The zero-order valence-corrected chi connectivity index (χ0v) is 16.8. The molecule has 0 spiro atoms. The number of ether oxygens (including phenoxy) is 2. The average molecular weight is 448 g/mol. The van der Waals surface area contributed by atoms with E-state index in [1.54, 1.807) is 12.1 Å². The van der Waals surface area contributed by atoms with Crippen molar-refractivity contribution in [2.24, 2.45) is 10.8 Å². The Hall–Kier alpha value is -2.42. The molecule has 1 atom stereocenters. The van der Waals surface area contributed by atoms with E-state index in [4.69, 9.17) is 20.4 Å². The van der Waals surface area contributed by atoms with Crippen LogP contribution < -0.4 is 16.0 Å². The van der Waals surface area contributed by atoms with Crippen molar-refractivity contribution < 1.29 is 19.4 Å². The summed E-state index contributed by atoms with van der Waals surface area (Å²) in [6.07, 6.45) is 0.944. The van der Waals surface area contributed by atoms with Gasteiger partial charge < -0.3 is 14.6 Å². The standard InChI is InChI=1S/C20H22BrN3O4/c21-16-6-2-14(3-7-16)12-20(19(26)24-22)13-28-18(23-20)15-4-8-17(9-5-15)27-11-1-10-25/h2-9,25H,1,10-13,22H2,(H,24,26)/t20-/m0/s1. The number of hydrazine groups is 1. The normalized spacial score (nSPS) is 18.3. The van der Waals surface area contributed by atoms with Gasteiger partial charge in [0.2, 0.25) is 5.90 Å². The smallest absolute Gasteiger partial charge is 0.265 e. The van der Waals surface area contributed by atoms with Crippen LogP contribution in [0.5, 0.6) is 5.75 Å². The van der Waals surface area contributed by atoms with Crippen LogP contribution in [0.15, 0.2) is 58.0 Å². The first-order valence-electron chi connectivity index (χ1n) is 8.88. The Morgan fingerprint density at radius 3 is 2.61 bits per heavy atom. The fraction of sp³-hybridized carbons (Fsp3) is 0.300. The number of halogens is 1. The highest BCUT2D eigenvalue weighted by atomic mass is 79.9. The summed E-state index contributed by atoms with van der Waals surface area (Å²) >= 11 is 3.41. The second-order valence-electron chi connectivity index (χ2n) is 6.46. The van der Waals surface area contributed by atoms with Gasteiger partial charge in [0.25, 0.3) is 5.91 Å². The molecule has 1 aliphatic rings. The summed E-state index contributed by atoms with van der Waals surface area (Å²) < 4.78 is 12.2. The molecule has 148 valence electrons. The largest absolute Gasteiger partial charge is 0.494 e. The van der Waals surface area contributed by atoms with Crippen LogP contribution >= 0.6 is 15.9 Å². The van der Waals surface area contributed by atoms with Crippen LogP contribution in [-0.4, -0.2) is 42.3 Å². The van der Waals surface area contributed by atoms with E-state index < -0.39 is 11.4 Å². The highest BCUT2D eigenvalue weighted by molar-refractivity contribution is 9.10. The molecule has 0 radical (unpaired) electrons. The van der Waals surface area contributed by atoms with E-state index >= 15 is 0 Å². The third-order valence-corrected chi connectivity index (χ3v) is 4.93. The molecule has 2 aromatic rings. The Balaban J connectivity index is 1.80. The molecule has 0 aliphatic carbocycles. The van der Waals surface area contributed by atoms with Crippen molar-refractivity contribution in [3.63, 3.8) is 0 Å². The van der Waals surface area contributed by atoms with Crippen molar-refractivity contribution >= 4 is 27.7 Å². The monoisotopic (exact) mass is 447 g/mol. The molecule has 8 heteroatoms. The van der Waals surface area contributed by atoms with E-state index in [1.807, 2.05) is 36.4 Å². The molecule has 2 aromatic carbocycles. The Kier molecular flexibility index (Phi) is 6.66. The molecule has 28 heavy (non-hydrogen) atoms. The number of aliphatic imine (C=N–C) groups is 1. The Bertz CT molecular complexity index is 840. The molecule has 0 saturated carbocycles. The van der Waals surface area contributed by atoms with Crippen molar-refractivity contribution in [2.75, 3.05) is 19.8 Å². The number of aliphatic hydroxyl groups excluding tert-OH is 1. The van der Waals surface area contributed by atoms with E-state index in [1.165, 1.54) is 0 Å². The first-order chi connectivity index (χ1) is 13.6. The minimum absolute atomic E-state index is 0.0897. The van der Waals surface area contributed by atoms with Crippen LogP contribution in [-0.2, 0) is 16.0 Å². The first-order valence-corrected chi connectivity index (χ1v) is 9.68. The minimum Gasteiger partial charge on any atom is -0.494 e. The summed E-state index contributed by atoms with van der Waals surface area (Å²) in [7, 11) is 0. The quantitative estimate of drug-likeness (QED) is 0.248. The molecule has 0 saturated heterocycles. The number of hydrogen-bond acceptors (Lipinski definition) is 6. The zero-order valence-electron chi connectivity index (χ0n) is 15.2. The second-order valence-corrected chi connectivity index (χ2v) is 7.38. The number of nitrogens with zero attached hydrogens (tertiary/aromatic N) is 1. The van der Waals surface area contributed by atoms with E-state index in [2.05, 4.69) is 26.3 Å². The molecule has 0 fully saturated rings. The van der Waals surface area contributed by atoms with Gasteiger partial charge in [-0.2, -0.15) is 0 Å². The predicted molar refractivity (Wildman–Crippen MR) is 109 cm³/mol. The lowest BCUT2D eigenvalue weighted by Crippen LogP contribution is -2.50. The molecule has 1 amide bonds. The van der Waals surface area contributed by atoms with Crippen molar-refractivity contribution in [1.29, 1.82) is 0 Å². The van der Waals surface area contributed by atoms with Gasteiger partial charge in [0.1, 0.15) is 12.4 Å². The maximum absolute atomic E-state index is 12.5. The first kappa shape index (κ1) is 20.3. The predicted octanol–water partition coefficient (Wildman–Crippen LogP) is 1.96. The topological polar surface area (TPSA) is 106 Å². The van der Waals surface area contributed by atoms with Gasteiger partial charge in [-0.05, 0) is 42.0 Å². The van der Waals surface area contributed by atoms with Gasteiger partial charge in [0, 0.05) is 29.5 Å². The van der Waals surface area contributed by atoms with E-state index in [9.17, 15) is 4.79 Å². The number of nitrogens with two attached hydrogens (primary N) is 1. The Labute approximate surface area is 171 Å². The van der Waals surface area contributed by atoms with Crippen LogP contribution in [0.4, 0.5) is 0 Å². The zero-order chi connectivity index (χ0) is 20.0. The van der Waals surface area contributed by atoms with E-state index in [0.29, 0.717) is 31.1 Å². The lowest BCUT2D eigenvalue weighted by Gasteiger charge is -2.21. The van der Waals surface area contributed by atoms with Gasteiger partial charge >= 0.3 is 0 Å². The fourth-order valence-corrected chi connectivity index (χ4v) is 3.17. The van der Waals surface area contributed by atoms with Crippen molar-refractivity contribution in [3.05, 3.63) is 64.1 Å². The van der Waals surface area contributed by atoms with Crippen molar-refractivity contribution in [2.45, 2.75) is 18.4 Å². The van der Waals surface area contributed by atoms with Gasteiger partial charge in [-0.3, -0.25) is 10.2 Å². The van der Waals surface area contributed by atoms with Crippen molar-refractivity contribution in [3.8, 4) is 5.75 Å². The lowest BCUT2D eigenvalue weighted by atomic mass is 9.92. The van der Waals surface area contributed by atoms with Crippen LogP contribution in [0.25, 0.3) is 0 Å². The van der Waals surface area contributed by atoms with Crippen LogP contribution in [0, 0.1) is 0 Å². The molecular weight excluding hydrogens is 426 g/mol. The second kappa shape index (κ2) is 9.18. The molecule has 7 nitrogen and oxygen atoms in total. The van der Waals surface area contributed by atoms with Gasteiger partial charge in [-0.15, -0.1) is 0 Å². The maximum Gasteiger partial charge on any atom is 0.265 e. The SMILES string of the molecule is NNC(=O)[C@]1(Cc2ccc(Br)cc2)COC(c2ccc(OCCCO)cc2)=N1. The number of aliphatic hydroxyl groups is 1. The third kappa shape index (κ3) is 4.70. The maximum atomic E-state index is 12.5. The number of carbonyl (C=O) groups is 1. The van der Waals surface area contributed by atoms with E-state index in [-0.39, 0.29) is 13.2 Å². The fourth-order valence-electron chi connectivity index (χ4n) is 2.90. The number of rotatable bonds is 8. The third-order valence-electron chi connectivity index (χ3n) is 4.40. The van der Waals surface area contributed by atoms with Crippen LogP contribution in [0.1, 0.15) is 17.5 Å². The number of benzene rings is 2. The average Bonchev–Trinajstić information content (AvgIpc) is 3.15. The summed E-state index contributed by atoms with van der Waals surface area (Å²) in [6, 6.07) is 14.9. The summed E-state index contributed by atoms with van der Waals surface area (Å²) in [5.41, 5.74) is 2.80. The molecule has 1 heterocycles. The summed E-state index contributed by atoms with van der Waals surface area (Å²) in [5.74, 6) is 6.10. The van der Waals surface area contributed by atoms with Crippen molar-refractivity contribution in [1.82, 2.24) is 5.43 Å². The number of carbonyl (C=O) groups excluding carboxylic acids is 1. The summed E-state index contributed by atoms with van der Waals surface area (Å²) in [4.78, 5) is 17.1. The summed E-state index contributed by atoms with van der Waals surface area (Å²) in [5, 5.41) is 8.81. The Morgan fingerprint density at radius 1 is 1.25 bits per heavy atom. The molecule has 1 aliphatic heterocycles. The summed E-state index contributed by atoms with van der Waals surface area (Å²) in [6.45, 7) is 0.642. The minimum atomic E-state index is -1.12.